The minimum Gasteiger partial charge on any atom is -0.595 e. The molecule has 4 rings (SSSR count). The van der Waals surface area contributed by atoms with Crippen LogP contribution in [0.2, 0.25) is 0 Å². The molecular weight excluding hydrogens is 411 g/mol. The standard InChI is InChI=1S/C22H20Cl2N2O3/c23-19(13-7-3-1-4-8-13)20(24)16-11-15-17(12-18(16)26(28)29)25-21(22(15)27)14-9-5-2-6-10-14/h1-12,19-22,25-28H/t19-,20+,21+,22-/m1/s1. The van der Waals surface area contributed by atoms with Gasteiger partial charge >= 0.3 is 0 Å². The van der Waals surface area contributed by atoms with Crippen LogP contribution in [-0.2, 0) is 0 Å². The number of nitrogens with one attached hydrogen (secondary N) is 2. The fraction of sp³-hybridized carbons (Fsp3) is 0.182. The van der Waals surface area contributed by atoms with E-state index in [-0.39, 0.29) is 11.7 Å². The average molecular weight is 431 g/mol. The van der Waals surface area contributed by atoms with Crippen molar-refractivity contribution in [2.45, 2.75) is 22.9 Å². The highest BCUT2D eigenvalue weighted by molar-refractivity contribution is 6.30. The van der Waals surface area contributed by atoms with E-state index in [0.29, 0.717) is 16.8 Å². The minimum absolute atomic E-state index is 0.0683. The number of benzene rings is 3. The first-order chi connectivity index (χ1) is 14.0. The van der Waals surface area contributed by atoms with Gasteiger partial charge in [0.1, 0.15) is 6.10 Å². The van der Waals surface area contributed by atoms with Crippen LogP contribution in [0.1, 0.15) is 45.2 Å². The van der Waals surface area contributed by atoms with Crippen LogP contribution in [0, 0.1) is 5.21 Å². The number of aliphatic hydroxyl groups is 1. The molecule has 1 aliphatic rings. The Hall–Kier alpha value is -2.12. The van der Waals surface area contributed by atoms with E-state index in [1.54, 1.807) is 6.07 Å². The first-order valence-corrected chi connectivity index (χ1v) is 10.1. The number of halogens is 2. The molecule has 0 saturated carbocycles. The molecule has 0 aromatic heterocycles. The first kappa shape index (κ1) is 20.2. The summed E-state index contributed by atoms with van der Waals surface area (Å²) < 4.78 is 0. The number of quaternary nitrogens is 1. The van der Waals surface area contributed by atoms with Gasteiger partial charge < -0.3 is 15.6 Å². The van der Waals surface area contributed by atoms with Gasteiger partial charge in [0.2, 0.25) is 0 Å². The van der Waals surface area contributed by atoms with E-state index in [9.17, 15) is 15.5 Å². The van der Waals surface area contributed by atoms with E-state index in [0.717, 1.165) is 11.1 Å². The van der Waals surface area contributed by atoms with Gasteiger partial charge in [0.25, 0.3) is 0 Å². The van der Waals surface area contributed by atoms with Gasteiger partial charge in [0.15, 0.2) is 5.69 Å². The van der Waals surface area contributed by atoms with Crippen molar-refractivity contribution in [2.75, 3.05) is 5.32 Å². The molecule has 0 bridgehead atoms. The van der Waals surface area contributed by atoms with Gasteiger partial charge in [-0.1, -0.05) is 60.7 Å². The predicted molar refractivity (Wildman–Crippen MR) is 114 cm³/mol. The topological polar surface area (TPSA) is 80.0 Å². The normalized spacial score (nSPS) is 21.1. The van der Waals surface area contributed by atoms with Crippen molar-refractivity contribution in [3.8, 4) is 0 Å². The second-order valence-electron chi connectivity index (χ2n) is 7.02. The van der Waals surface area contributed by atoms with Crippen molar-refractivity contribution in [1.82, 2.24) is 0 Å². The second-order valence-corrected chi connectivity index (χ2v) is 7.96. The maximum absolute atomic E-state index is 11.9. The molecular formula is C22H20Cl2N2O3. The summed E-state index contributed by atoms with van der Waals surface area (Å²) in [4.78, 5) is 0. The average Bonchev–Trinajstić information content (AvgIpc) is 3.08. The molecule has 0 spiro atoms. The molecule has 3 aromatic rings. The molecule has 5 nitrogen and oxygen atoms in total. The molecule has 4 N–H and O–H groups in total. The molecule has 150 valence electrons. The predicted octanol–water partition coefficient (Wildman–Crippen LogP) is 4.55. The molecule has 1 heterocycles. The Balaban J connectivity index is 1.73. The van der Waals surface area contributed by atoms with Gasteiger partial charge in [0, 0.05) is 22.9 Å². The third kappa shape index (κ3) is 3.85. The minimum atomic E-state index is -1.09. The Morgan fingerprint density at radius 3 is 2.17 bits per heavy atom. The Labute approximate surface area is 178 Å². The van der Waals surface area contributed by atoms with Crippen LogP contribution in [0.4, 0.5) is 11.4 Å². The zero-order valence-corrected chi connectivity index (χ0v) is 16.8. The van der Waals surface area contributed by atoms with Crippen molar-refractivity contribution in [1.29, 1.82) is 0 Å². The van der Waals surface area contributed by atoms with Crippen LogP contribution in [0.3, 0.4) is 0 Å². The second kappa shape index (κ2) is 8.32. The molecule has 1 unspecified atom stereocenters. The van der Waals surface area contributed by atoms with E-state index >= 15 is 0 Å². The van der Waals surface area contributed by atoms with Crippen molar-refractivity contribution >= 4 is 34.6 Å². The maximum atomic E-state index is 11.9. The summed E-state index contributed by atoms with van der Waals surface area (Å²) in [6, 6.07) is 21.6. The smallest absolute Gasteiger partial charge is 0.170 e. The Bertz CT molecular complexity index is 986. The van der Waals surface area contributed by atoms with Crippen LogP contribution in [-0.4, -0.2) is 10.3 Å². The summed E-state index contributed by atoms with van der Waals surface area (Å²) in [6.45, 7) is 0. The fourth-order valence-electron chi connectivity index (χ4n) is 3.73. The van der Waals surface area contributed by atoms with Crippen molar-refractivity contribution in [3.63, 3.8) is 0 Å². The number of hydrogen-bond acceptors (Lipinski definition) is 4. The fourth-order valence-corrected chi connectivity index (χ4v) is 4.34. The molecule has 3 aromatic carbocycles. The van der Waals surface area contributed by atoms with E-state index < -0.39 is 22.1 Å². The summed E-state index contributed by atoms with van der Waals surface area (Å²) in [6.07, 6.45) is -0.830. The van der Waals surface area contributed by atoms with Crippen LogP contribution in [0.25, 0.3) is 0 Å². The van der Waals surface area contributed by atoms with Crippen molar-refractivity contribution in [3.05, 3.63) is 100 Å². The Kier molecular flexibility index (Phi) is 5.79. The molecule has 5 atom stereocenters. The zero-order valence-electron chi connectivity index (χ0n) is 15.3. The lowest BCUT2D eigenvalue weighted by molar-refractivity contribution is -0.991. The molecule has 0 amide bonds. The van der Waals surface area contributed by atoms with Gasteiger partial charge in [-0.15, -0.1) is 23.2 Å². The summed E-state index contributed by atoms with van der Waals surface area (Å²) in [7, 11) is 0. The molecule has 0 radical (unpaired) electrons. The van der Waals surface area contributed by atoms with Gasteiger partial charge in [-0.3, -0.25) is 0 Å². The van der Waals surface area contributed by atoms with Crippen LogP contribution >= 0.6 is 23.2 Å². The number of anilines is 1. The lowest BCUT2D eigenvalue weighted by Crippen LogP contribution is -2.99. The molecule has 0 fully saturated rings. The van der Waals surface area contributed by atoms with E-state index in [1.807, 2.05) is 60.7 Å². The molecule has 1 aliphatic heterocycles. The lowest BCUT2D eigenvalue weighted by Gasteiger charge is -2.23. The highest BCUT2D eigenvalue weighted by atomic mass is 35.5. The van der Waals surface area contributed by atoms with Crippen LogP contribution in [0.15, 0.2) is 72.8 Å². The van der Waals surface area contributed by atoms with E-state index in [1.165, 1.54) is 6.07 Å². The maximum Gasteiger partial charge on any atom is 0.170 e. The van der Waals surface area contributed by atoms with E-state index in [4.69, 9.17) is 23.2 Å². The first-order valence-electron chi connectivity index (χ1n) is 9.21. The number of aliphatic hydroxyl groups excluding tert-OH is 1. The van der Waals surface area contributed by atoms with Gasteiger partial charge in [-0.05, 0) is 17.2 Å². The highest BCUT2D eigenvalue weighted by Gasteiger charge is 2.35. The monoisotopic (exact) mass is 430 g/mol. The highest BCUT2D eigenvalue weighted by Crippen LogP contribution is 2.48. The van der Waals surface area contributed by atoms with E-state index in [2.05, 4.69) is 5.32 Å². The zero-order chi connectivity index (χ0) is 20.5. The SMILES string of the molecule is [O-][NH+](O)c1cc2c(cc1[C@H](Cl)[C@H](Cl)c1ccccc1)[C@@H](O)[C@H](c1ccccc1)N2. The Morgan fingerprint density at radius 2 is 1.55 bits per heavy atom. The third-order valence-corrected chi connectivity index (χ3v) is 6.35. The van der Waals surface area contributed by atoms with Crippen molar-refractivity contribution < 1.29 is 15.5 Å². The van der Waals surface area contributed by atoms with Gasteiger partial charge in [-0.25, -0.2) is 5.21 Å². The number of fused-ring (bicyclic) bond motifs is 1. The van der Waals surface area contributed by atoms with Gasteiger partial charge in [-0.2, -0.15) is 5.23 Å². The van der Waals surface area contributed by atoms with Crippen molar-refractivity contribution in [2.24, 2.45) is 0 Å². The molecule has 7 heteroatoms. The number of rotatable bonds is 5. The van der Waals surface area contributed by atoms with Crippen LogP contribution in [0.5, 0.6) is 0 Å². The van der Waals surface area contributed by atoms with Crippen LogP contribution < -0.4 is 10.5 Å². The molecule has 0 aliphatic carbocycles. The summed E-state index contributed by atoms with van der Waals surface area (Å²) >= 11 is 13.2. The molecule has 29 heavy (non-hydrogen) atoms. The van der Waals surface area contributed by atoms with Gasteiger partial charge in [0.05, 0.1) is 16.8 Å². The lowest BCUT2D eigenvalue weighted by atomic mass is 9.95. The number of alkyl halides is 2. The molecule has 0 saturated heterocycles. The Morgan fingerprint density at radius 1 is 0.931 bits per heavy atom. The largest absolute Gasteiger partial charge is 0.595 e. The number of hydrogen-bond donors (Lipinski definition) is 4. The third-order valence-electron chi connectivity index (χ3n) is 5.23. The summed E-state index contributed by atoms with van der Waals surface area (Å²) in [5, 5.41) is 33.3. The summed E-state index contributed by atoms with van der Waals surface area (Å²) in [5.41, 5.74) is 3.36. The summed E-state index contributed by atoms with van der Waals surface area (Å²) in [5.74, 6) is 0. The quantitative estimate of drug-likeness (QED) is 0.353.